The molecule has 0 heterocycles. The lowest BCUT2D eigenvalue weighted by molar-refractivity contribution is -0.148. The number of carbonyl (C=O) groups excluding carboxylic acids is 2. The van der Waals surface area contributed by atoms with E-state index < -0.39 is 24.1 Å². The molecule has 0 saturated heterocycles. The van der Waals surface area contributed by atoms with Gasteiger partial charge in [0.2, 0.25) is 0 Å². The van der Waals surface area contributed by atoms with Crippen molar-refractivity contribution in [1.29, 1.82) is 0 Å². The van der Waals surface area contributed by atoms with Crippen molar-refractivity contribution in [2.24, 2.45) is 35.0 Å². The van der Waals surface area contributed by atoms with Crippen molar-refractivity contribution < 1.29 is 24.9 Å². The summed E-state index contributed by atoms with van der Waals surface area (Å²) in [4.78, 5) is 24.4. The molecule has 4 aliphatic carbocycles. The third-order valence-electron chi connectivity index (χ3n) is 8.59. The second-order valence-corrected chi connectivity index (χ2v) is 9.80. The third kappa shape index (κ3) is 2.69. The highest BCUT2D eigenvalue weighted by molar-refractivity contribution is 5.91. The summed E-state index contributed by atoms with van der Waals surface area (Å²) in [5, 5.41) is 31.8. The molecule has 0 bridgehead atoms. The second-order valence-electron chi connectivity index (χ2n) is 9.80. The number of Topliss-reactive ketones (excluding diaryl/α,β-unsaturated/α-hetero) is 1. The van der Waals surface area contributed by atoms with Crippen molar-refractivity contribution in [2.75, 3.05) is 6.61 Å². The van der Waals surface area contributed by atoms with Crippen LogP contribution < -0.4 is 0 Å². The summed E-state index contributed by atoms with van der Waals surface area (Å²) in [6.45, 7) is 3.61. The van der Waals surface area contributed by atoms with E-state index in [0.717, 1.165) is 25.7 Å². The SMILES string of the molecule is C[C@@H]1C[C@H](O)[C@H]2[C@@H](CCC3=CC(=O)CC[C@@]32C)[C@@H]2CC[C@](O)(C(=O)CO)C12. The Morgan fingerprint density at radius 1 is 1.19 bits per heavy atom. The van der Waals surface area contributed by atoms with E-state index in [0.29, 0.717) is 19.3 Å². The minimum Gasteiger partial charge on any atom is -0.393 e. The van der Waals surface area contributed by atoms with Gasteiger partial charge in [0.15, 0.2) is 11.6 Å². The van der Waals surface area contributed by atoms with Crippen molar-refractivity contribution in [2.45, 2.75) is 70.5 Å². The van der Waals surface area contributed by atoms with Crippen LogP contribution >= 0.6 is 0 Å². The highest BCUT2D eigenvalue weighted by Gasteiger charge is 2.62. The van der Waals surface area contributed by atoms with Crippen LogP contribution in [0.4, 0.5) is 0 Å². The first kappa shape index (κ1) is 19.3. The fourth-order valence-corrected chi connectivity index (χ4v) is 7.47. The van der Waals surface area contributed by atoms with Crippen molar-refractivity contribution >= 4 is 11.6 Å². The number of fused-ring (bicyclic) bond motifs is 5. The molecule has 5 heteroatoms. The number of carbonyl (C=O) groups is 2. The van der Waals surface area contributed by atoms with Gasteiger partial charge in [-0.05, 0) is 73.7 Å². The van der Waals surface area contributed by atoms with Gasteiger partial charge in [-0.1, -0.05) is 19.4 Å². The lowest BCUT2D eigenvalue weighted by atomic mass is 9.52. The van der Waals surface area contributed by atoms with Crippen LogP contribution in [0.25, 0.3) is 0 Å². The summed E-state index contributed by atoms with van der Waals surface area (Å²) >= 11 is 0. The highest BCUT2D eigenvalue weighted by atomic mass is 16.3. The van der Waals surface area contributed by atoms with Gasteiger partial charge in [-0.25, -0.2) is 0 Å². The average Bonchev–Trinajstić information content (AvgIpc) is 2.93. The fourth-order valence-electron chi connectivity index (χ4n) is 7.47. The molecule has 0 spiro atoms. The normalized spacial score (nSPS) is 49.5. The fraction of sp³-hybridized carbons (Fsp3) is 0.818. The van der Waals surface area contributed by atoms with Crippen LogP contribution in [0.2, 0.25) is 0 Å². The Hall–Kier alpha value is -1.04. The quantitative estimate of drug-likeness (QED) is 0.685. The van der Waals surface area contributed by atoms with Crippen LogP contribution in [0.1, 0.15) is 58.8 Å². The first-order valence-electron chi connectivity index (χ1n) is 10.5. The topological polar surface area (TPSA) is 94.8 Å². The molecule has 3 N–H and O–H groups in total. The monoisotopic (exact) mass is 376 g/mol. The van der Waals surface area contributed by atoms with E-state index in [1.807, 2.05) is 13.0 Å². The molecule has 4 rings (SSSR count). The lowest BCUT2D eigenvalue weighted by Gasteiger charge is -2.52. The molecule has 0 aromatic carbocycles. The Morgan fingerprint density at radius 3 is 2.59 bits per heavy atom. The van der Waals surface area contributed by atoms with Gasteiger partial charge in [0.1, 0.15) is 12.2 Å². The summed E-state index contributed by atoms with van der Waals surface area (Å²) in [5.74, 6) is 0.0137. The van der Waals surface area contributed by atoms with Crippen molar-refractivity contribution in [3.8, 4) is 0 Å². The summed E-state index contributed by atoms with van der Waals surface area (Å²) < 4.78 is 0. The molecule has 150 valence electrons. The number of allylic oxidation sites excluding steroid dienone is 2. The maximum atomic E-state index is 12.4. The zero-order valence-electron chi connectivity index (χ0n) is 16.4. The maximum Gasteiger partial charge on any atom is 0.189 e. The van der Waals surface area contributed by atoms with Crippen LogP contribution in [-0.2, 0) is 9.59 Å². The number of rotatable bonds is 2. The Balaban J connectivity index is 1.75. The molecule has 3 saturated carbocycles. The van der Waals surface area contributed by atoms with Crippen LogP contribution in [-0.4, -0.2) is 45.2 Å². The Bertz CT molecular complexity index is 684. The minimum absolute atomic E-state index is 0.0138. The summed E-state index contributed by atoms with van der Waals surface area (Å²) in [6, 6.07) is 0. The van der Waals surface area contributed by atoms with E-state index in [4.69, 9.17) is 0 Å². The molecule has 8 atom stereocenters. The van der Waals surface area contributed by atoms with Crippen LogP contribution in [0, 0.1) is 35.0 Å². The smallest absolute Gasteiger partial charge is 0.189 e. The van der Waals surface area contributed by atoms with E-state index in [-0.39, 0.29) is 40.8 Å². The average molecular weight is 376 g/mol. The first-order chi connectivity index (χ1) is 12.7. The van der Waals surface area contributed by atoms with Crippen LogP contribution in [0.5, 0.6) is 0 Å². The largest absolute Gasteiger partial charge is 0.393 e. The maximum absolute atomic E-state index is 12.4. The molecular formula is C22H32O5. The second kappa shape index (κ2) is 6.50. The van der Waals surface area contributed by atoms with E-state index in [1.54, 1.807) is 0 Å². The lowest BCUT2D eigenvalue weighted by Crippen LogP contribution is -2.50. The standard InChI is InChI=1S/C22H32O5/c1-12-9-17(25)20-15(4-3-13-10-14(24)5-7-21(13,20)2)16-6-8-22(27,19(12)16)18(26)11-23/h10,12,15-17,19-20,23,25,27H,3-9,11H2,1-2H3/t12-,15+,16+,17+,19?,20-,21+,22+/m1/s1. The molecule has 0 aliphatic heterocycles. The van der Waals surface area contributed by atoms with Crippen molar-refractivity contribution in [1.82, 2.24) is 0 Å². The Morgan fingerprint density at radius 2 is 1.89 bits per heavy atom. The van der Waals surface area contributed by atoms with Gasteiger partial charge in [0, 0.05) is 12.3 Å². The van der Waals surface area contributed by atoms with Gasteiger partial charge in [-0.3, -0.25) is 9.59 Å². The highest BCUT2D eigenvalue weighted by Crippen LogP contribution is 2.62. The number of hydrogen-bond donors (Lipinski definition) is 3. The molecule has 5 nitrogen and oxygen atoms in total. The van der Waals surface area contributed by atoms with Gasteiger partial charge < -0.3 is 15.3 Å². The molecule has 4 aliphatic rings. The Kier molecular flexibility index (Phi) is 4.64. The first-order valence-corrected chi connectivity index (χ1v) is 10.5. The van der Waals surface area contributed by atoms with E-state index >= 15 is 0 Å². The zero-order chi connectivity index (χ0) is 19.6. The van der Waals surface area contributed by atoms with Gasteiger partial charge in [0.05, 0.1) is 6.10 Å². The predicted octanol–water partition coefficient (Wildman–Crippen LogP) is 2.03. The molecule has 27 heavy (non-hydrogen) atoms. The van der Waals surface area contributed by atoms with E-state index in [1.165, 1.54) is 5.57 Å². The van der Waals surface area contributed by atoms with Crippen molar-refractivity contribution in [3.63, 3.8) is 0 Å². The summed E-state index contributed by atoms with van der Waals surface area (Å²) in [7, 11) is 0. The zero-order valence-corrected chi connectivity index (χ0v) is 16.4. The van der Waals surface area contributed by atoms with Gasteiger partial charge in [0.25, 0.3) is 0 Å². The van der Waals surface area contributed by atoms with E-state index in [2.05, 4.69) is 6.92 Å². The minimum atomic E-state index is -1.47. The van der Waals surface area contributed by atoms with Crippen LogP contribution in [0.3, 0.4) is 0 Å². The predicted molar refractivity (Wildman–Crippen MR) is 99.7 cm³/mol. The summed E-state index contributed by atoms with van der Waals surface area (Å²) in [6.07, 6.45) is 6.12. The molecule has 3 fully saturated rings. The number of aliphatic hydroxyl groups excluding tert-OH is 2. The number of ketones is 2. The van der Waals surface area contributed by atoms with Crippen LogP contribution in [0.15, 0.2) is 11.6 Å². The molecule has 0 aromatic heterocycles. The molecular weight excluding hydrogens is 344 g/mol. The number of hydrogen-bond acceptors (Lipinski definition) is 5. The molecule has 0 radical (unpaired) electrons. The van der Waals surface area contributed by atoms with Gasteiger partial charge >= 0.3 is 0 Å². The summed E-state index contributed by atoms with van der Waals surface area (Å²) in [5.41, 5.74) is -0.454. The molecule has 1 unspecified atom stereocenters. The van der Waals surface area contributed by atoms with E-state index in [9.17, 15) is 24.9 Å². The molecule has 0 amide bonds. The third-order valence-corrected chi connectivity index (χ3v) is 8.59. The van der Waals surface area contributed by atoms with Crippen molar-refractivity contribution in [3.05, 3.63) is 11.6 Å². The Labute approximate surface area is 160 Å². The number of aliphatic hydroxyl groups is 3. The van der Waals surface area contributed by atoms with Gasteiger partial charge in [-0.15, -0.1) is 0 Å². The van der Waals surface area contributed by atoms with Gasteiger partial charge in [-0.2, -0.15) is 0 Å². The molecule has 0 aromatic rings.